The highest BCUT2D eigenvalue weighted by Gasteiger charge is 2.16. The first-order chi connectivity index (χ1) is 9.06. The third-order valence-electron chi connectivity index (χ3n) is 3.38. The van der Waals surface area contributed by atoms with Crippen LogP contribution in [-0.2, 0) is 11.3 Å². The van der Waals surface area contributed by atoms with E-state index < -0.39 is 0 Å². The average molecular weight is 303 g/mol. The van der Waals surface area contributed by atoms with Crippen molar-refractivity contribution in [1.29, 1.82) is 0 Å². The van der Waals surface area contributed by atoms with Crippen molar-refractivity contribution in [1.82, 2.24) is 4.90 Å². The minimum Gasteiger partial charge on any atom is -0.396 e. The number of nitrogens with zero attached hydrogens (tertiary/aromatic N) is 1. The lowest BCUT2D eigenvalue weighted by molar-refractivity contribution is -0.00258. The van der Waals surface area contributed by atoms with Gasteiger partial charge in [0.25, 0.3) is 0 Å². The fourth-order valence-electron chi connectivity index (χ4n) is 2.40. The van der Waals surface area contributed by atoms with Crippen molar-refractivity contribution in [3.8, 4) is 0 Å². The number of nitrogen functional groups attached to an aromatic ring is 1. The summed E-state index contributed by atoms with van der Waals surface area (Å²) in [6.07, 6.45) is 3.94. The van der Waals surface area contributed by atoms with Gasteiger partial charge in [0, 0.05) is 19.7 Å². The summed E-state index contributed by atoms with van der Waals surface area (Å²) < 4.78 is 5.74. The number of ether oxygens (including phenoxy) is 1. The molecule has 1 aliphatic rings. The Kier molecular flexibility index (Phi) is 5.34. The number of hydrogen-bond donors (Lipinski definition) is 1. The first-order valence-electron chi connectivity index (χ1n) is 6.60. The molecule has 0 bridgehead atoms. The molecular weight excluding hydrogens is 283 g/mol. The van der Waals surface area contributed by atoms with Crippen LogP contribution in [0.4, 0.5) is 5.69 Å². The molecule has 0 aliphatic carbocycles. The third kappa shape index (κ3) is 4.25. The van der Waals surface area contributed by atoms with E-state index in [9.17, 15) is 0 Å². The van der Waals surface area contributed by atoms with Gasteiger partial charge in [-0.1, -0.05) is 23.2 Å². The Bertz CT molecular complexity index is 410. The topological polar surface area (TPSA) is 38.5 Å². The summed E-state index contributed by atoms with van der Waals surface area (Å²) in [5.41, 5.74) is 7.25. The van der Waals surface area contributed by atoms with Crippen LogP contribution in [-0.4, -0.2) is 31.2 Å². The Balaban J connectivity index is 1.92. The predicted molar refractivity (Wildman–Crippen MR) is 80.8 cm³/mol. The Labute approximate surface area is 124 Å². The first-order valence-corrected chi connectivity index (χ1v) is 7.35. The molecule has 0 radical (unpaired) electrons. The van der Waals surface area contributed by atoms with Gasteiger partial charge in [-0.3, -0.25) is 4.90 Å². The minimum absolute atomic E-state index is 0.346. The highest BCUT2D eigenvalue weighted by Crippen LogP contribution is 2.29. The maximum absolute atomic E-state index is 6.04. The first kappa shape index (κ1) is 14.9. The standard InChI is InChI=1S/C14H20Cl2N2O/c1-18(9-11-4-2-3-5-19-11)8-10-6-12(15)14(17)13(16)7-10/h6-7,11H,2-5,8-9,17H2,1H3. The maximum atomic E-state index is 6.04. The van der Waals surface area contributed by atoms with Crippen LogP contribution in [0.2, 0.25) is 10.0 Å². The molecule has 1 unspecified atom stereocenters. The van der Waals surface area contributed by atoms with Crippen molar-refractivity contribution in [2.75, 3.05) is 25.9 Å². The zero-order chi connectivity index (χ0) is 13.8. The van der Waals surface area contributed by atoms with E-state index in [0.29, 0.717) is 21.8 Å². The quantitative estimate of drug-likeness (QED) is 0.864. The zero-order valence-electron chi connectivity index (χ0n) is 11.2. The fraction of sp³-hybridized carbons (Fsp3) is 0.571. The van der Waals surface area contributed by atoms with Crippen LogP contribution in [0.15, 0.2) is 12.1 Å². The van der Waals surface area contributed by atoms with Gasteiger partial charge in [-0.2, -0.15) is 0 Å². The number of likely N-dealkylation sites (N-methyl/N-ethyl adjacent to an activating group) is 1. The lowest BCUT2D eigenvalue weighted by Crippen LogP contribution is -2.33. The van der Waals surface area contributed by atoms with Crippen LogP contribution in [0.25, 0.3) is 0 Å². The highest BCUT2D eigenvalue weighted by atomic mass is 35.5. The SMILES string of the molecule is CN(Cc1cc(Cl)c(N)c(Cl)c1)CC1CCCCO1. The van der Waals surface area contributed by atoms with Gasteiger partial charge in [0.05, 0.1) is 21.8 Å². The van der Waals surface area contributed by atoms with Crippen LogP contribution < -0.4 is 5.73 Å². The normalized spacial score (nSPS) is 19.9. The van der Waals surface area contributed by atoms with Crippen molar-refractivity contribution in [3.05, 3.63) is 27.7 Å². The summed E-state index contributed by atoms with van der Waals surface area (Å²) >= 11 is 12.1. The van der Waals surface area contributed by atoms with Crippen molar-refractivity contribution in [2.45, 2.75) is 31.9 Å². The molecule has 2 N–H and O–H groups in total. The van der Waals surface area contributed by atoms with Crippen LogP contribution in [0, 0.1) is 0 Å². The van der Waals surface area contributed by atoms with Gasteiger partial charge in [-0.05, 0) is 44.0 Å². The highest BCUT2D eigenvalue weighted by molar-refractivity contribution is 6.38. The Morgan fingerprint density at radius 3 is 2.58 bits per heavy atom. The molecule has 106 valence electrons. The molecule has 0 aromatic heterocycles. The molecule has 1 heterocycles. The second-order valence-electron chi connectivity index (χ2n) is 5.16. The number of anilines is 1. The van der Waals surface area contributed by atoms with Gasteiger partial charge in [-0.25, -0.2) is 0 Å². The summed E-state index contributed by atoms with van der Waals surface area (Å²) in [7, 11) is 2.08. The van der Waals surface area contributed by atoms with Gasteiger partial charge in [-0.15, -0.1) is 0 Å². The monoisotopic (exact) mass is 302 g/mol. The lowest BCUT2D eigenvalue weighted by atomic mass is 10.1. The van der Waals surface area contributed by atoms with E-state index in [-0.39, 0.29) is 0 Å². The van der Waals surface area contributed by atoms with Crippen LogP contribution >= 0.6 is 23.2 Å². The molecule has 2 rings (SSSR count). The van der Waals surface area contributed by atoms with Crippen LogP contribution in [0.1, 0.15) is 24.8 Å². The molecule has 1 aromatic rings. The second kappa shape index (κ2) is 6.80. The van der Waals surface area contributed by atoms with E-state index >= 15 is 0 Å². The third-order valence-corrected chi connectivity index (χ3v) is 4.01. The Hall–Kier alpha value is -0.480. The molecule has 1 fully saturated rings. The van der Waals surface area contributed by atoms with Gasteiger partial charge < -0.3 is 10.5 Å². The molecule has 3 nitrogen and oxygen atoms in total. The minimum atomic E-state index is 0.346. The molecule has 0 spiro atoms. The second-order valence-corrected chi connectivity index (χ2v) is 5.97. The van der Waals surface area contributed by atoms with Crippen LogP contribution in [0.3, 0.4) is 0 Å². The molecule has 1 atom stereocenters. The molecule has 1 aromatic carbocycles. The average Bonchev–Trinajstić information content (AvgIpc) is 2.37. The molecule has 0 saturated carbocycles. The van der Waals surface area contributed by atoms with E-state index in [1.807, 2.05) is 12.1 Å². The lowest BCUT2D eigenvalue weighted by Gasteiger charge is -2.27. The van der Waals surface area contributed by atoms with Gasteiger partial charge >= 0.3 is 0 Å². The van der Waals surface area contributed by atoms with E-state index in [4.69, 9.17) is 33.7 Å². The fourth-order valence-corrected chi connectivity index (χ4v) is 2.94. The Morgan fingerprint density at radius 1 is 1.32 bits per heavy atom. The summed E-state index contributed by atoms with van der Waals surface area (Å²) in [6, 6.07) is 3.75. The van der Waals surface area contributed by atoms with Crippen molar-refractivity contribution in [2.24, 2.45) is 0 Å². The summed E-state index contributed by atoms with van der Waals surface area (Å²) in [5.74, 6) is 0. The van der Waals surface area contributed by atoms with E-state index in [1.165, 1.54) is 12.8 Å². The number of halogens is 2. The maximum Gasteiger partial charge on any atom is 0.0702 e. The predicted octanol–water partition coefficient (Wildman–Crippen LogP) is 3.58. The van der Waals surface area contributed by atoms with E-state index in [2.05, 4.69) is 11.9 Å². The molecule has 1 aliphatic heterocycles. The van der Waals surface area contributed by atoms with Crippen molar-refractivity contribution < 1.29 is 4.74 Å². The van der Waals surface area contributed by atoms with Gasteiger partial charge in [0.1, 0.15) is 0 Å². The Morgan fingerprint density at radius 2 is 2.00 bits per heavy atom. The summed E-state index contributed by atoms with van der Waals surface area (Å²) in [4.78, 5) is 2.23. The van der Waals surface area contributed by atoms with Crippen LogP contribution in [0.5, 0.6) is 0 Å². The van der Waals surface area contributed by atoms with Crippen molar-refractivity contribution in [3.63, 3.8) is 0 Å². The number of benzene rings is 1. The van der Waals surface area contributed by atoms with Gasteiger partial charge in [0.15, 0.2) is 0 Å². The number of rotatable bonds is 4. The molecule has 0 amide bonds. The van der Waals surface area contributed by atoms with Gasteiger partial charge in [0.2, 0.25) is 0 Å². The summed E-state index contributed by atoms with van der Waals surface area (Å²) in [5, 5.41) is 1.04. The molecule has 1 saturated heterocycles. The molecule has 19 heavy (non-hydrogen) atoms. The number of nitrogens with two attached hydrogens (primary N) is 1. The zero-order valence-corrected chi connectivity index (χ0v) is 12.7. The molecule has 5 heteroatoms. The van der Waals surface area contributed by atoms with E-state index in [1.54, 1.807) is 0 Å². The smallest absolute Gasteiger partial charge is 0.0702 e. The van der Waals surface area contributed by atoms with Crippen molar-refractivity contribution >= 4 is 28.9 Å². The molecular formula is C14H20Cl2N2O. The largest absolute Gasteiger partial charge is 0.396 e. The number of hydrogen-bond acceptors (Lipinski definition) is 3. The summed E-state index contributed by atoms with van der Waals surface area (Å²) in [6.45, 7) is 2.61. The van der Waals surface area contributed by atoms with E-state index in [0.717, 1.165) is 31.7 Å².